The van der Waals surface area contributed by atoms with Crippen molar-refractivity contribution in [2.24, 2.45) is 0 Å². The molecule has 0 fully saturated rings. The van der Waals surface area contributed by atoms with E-state index in [4.69, 9.17) is 4.74 Å². The zero-order valence-corrected chi connectivity index (χ0v) is 11.1. The molecule has 2 rings (SSSR count). The zero-order valence-electron chi connectivity index (χ0n) is 11.1. The van der Waals surface area contributed by atoms with Crippen LogP contribution in [0.1, 0.15) is 24.0 Å². The molecule has 1 heterocycles. The van der Waals surface area contributed by atoms with Crippen LogP contribution in [-0.4, -0.2) is 16.2 Å². The summed E-state index contributed by atoms with van der Waals surface area (Å²) < 4.78 is 7.88. The van der Waals surface area contributed by atoms with E-state index in [1.165, 1.54) is 11.1 Å². The molecule has 0 N–H and O–H groups in total. The molecular formula is C15H20N2O. The number of hydrogen-bond acceptors (Lipinski definition) is 2. The Morgan fingerprint density at radius 3 is 2.83 bits per heavy atom. The van der Waals surface area contributed by atoms with E-state index in [2.05, 4.69) is 41.6 Å². The molecule has 0 radical (unpaired) electrons. The van der Waals surface area contributed by atoms with Crippen LogP contribution in [-0.2, 0) is 6.54 Å². The molecule has 1 aromatic carbocycles. The van der Waals surface area contributed by atoms with Gasteiger partial charge in [-0.25, -0.2) is 4.98 Å². The van der Waals surface area contributed by atoms with Gasteiger partial charge in [-0.05, 0) is 38.3 Å². The van der Waals surface area contributed by atoms with Gasteiger partial charge in [0.2, 0.25) is 0 Å². The van der Waals surface area contributed by atoms with Crippen LogP contribution in [0.25, 0.3) is 0 Å². The number of aryl methyl sites for hydroxylation is 3. The lowest BCUT2D eigenvalue weighted by molar-refractivity contribution is 0.301. The van der Waals surface area contributed by atoms with Gasteiger partial charge in [-0.2, -0.15) is 0 Å². The summed E-state index contributed by atoms with van der Waals surface area (Å²) in [6.45, 7) is 5.98. The van der Waals surface area contributed by atoms with Gasteiger partial charge in [0.1, 0.15) is 5.75 Å². The van der Waals surface area contributed by atoms with Gasteiger partial charge in [0, 0.05) is 18.9 Å². The number of unbranched alkanes of at least 4 members (excludes halogenated alkanes) is 1. The van der Waals surface area contributed by atoms with E-state index in [9.17, 15) is 0 Å². The summed E-state index contributed by atoms with van der Waals surface area (Å²) in [7, 11) is 0. The van der Waals surface area contributed by atoms with Crippen LogP contribution >= 0.6 is 0 Å². The molecule has 0 bridgehead atoms. The minimum Gasteiger partial charge on any atom is -0.493 e. The molecule has 0 atom stereocenters. The van der Waals surface area contributed by atoms with Gasteiger partial charge >= 0.3 is 0 Å². The molecule has 0 saturated heterocycles. The van der Waals surface area contributed by atoms with Crippen LogP contribution in [0.15, 0.2) is 36.9 Å². The molecule has 0 aliphatic heterocycles. The van der Waals surface area contributed by atoms with Gasteiger partial charge < -0.3 is 9.30 Å². The van der Waals surface area contributed by atoms with Crippen LogP contribution < -0.4 is 4.74 Å². The van der Waals surface area contributed by atoms with Gasteiger partial charge in [-0.3, -0.25) is 0 Å². The number of benzene rings is 1. The van der Waals surface area contributed by atoms with Gasteiger partial charge in [0.05, 0.1) is 12.9 Å². The van der Waals surface area contributed by atoms with Crippen LogP contribution in [0.4, 0.5) is 0 Å². The minimum absolute atomic E-state index is 0.776. The van der Waals surface area contributed by atoms with E-state index in [1.54, 1.807) is 0 Å². The Kier molecular flexibility index (Phi) is 4.40. The molecule has 0 aliphatic carbocycles. The smallest absolute Gasteiger partial charge is 0.122 e. The van der Waals surface area contributed by atoms with E-state index >= 15 is 0 Å². The highest BCUT2D eigenvalue weighted by atomic mass is 16.5. The number of nitrogens with zero attached hydrogens (tertiary/aromatic N) is 2. The van der Waals surface area contributed by atoms with Crippen molar-refractivity contribution in [1.29, 1.82) is 0 Å². The fourth-order valence-electron chi connectivity index (χ4n) is 1.96. The molecule has 1 aromatic heterocycles. The lowest BCUT2D eigenvalue weighted by Gasteiger charge is -2.09. The number of aromatic nitrogens is 2. The third-order valence-electron chi connectivity index (χ3n) is 2.96. The SMILES string of the molecule is Cc1ccc(OCCCCn2ccnc2)c(C)c1. The maximum atomic E-state index is 5.79. The molecule has 3 heteroatoms. The Hall–Kier alpha value is -1.77. The standard InChI is InChI=1S/C15H20N2O/c1-13-5-6-15(14(2)11-13)18-10-4-3-8-17-9-7-16-12-17/h5-7,9,11-12H,3-4,8,10H2,1-2H3. The molecule has 0 amide bonds. The third-order valence-corrected chi connectivity index (χ3v) is 2.96. The molecule has 2 aromatic rings. The first-order chi connectivity index (χ1) is 8.75. The highest BCUT2D eigenvalue weighted by Gasteiger charge is 1.99. The van der Waals surface area contributed by atoms with Crippen LogP contribution in [0.5, 0.6) is 5.75 Å². The van der Waals surface area contributed by atoms with Crippen molar-refractivity contribution < 1.29 is 4.74 Å². The largest absolute Gasteiger partial charge is 0.493 e. The topological polar surface area (TPSA) is 27.1 Å². The lowest BCUT2D eigenvalue weighted by atomic mass is 10.1. The monoisotopic (exact) mass is 244 g/mol. The molecule has 0 aliphatic rings. The number of rotatable bonds is 6. The van der Waals surface area contributed by atoms with Crippen molar-refractivity contribution in [2.75, 3.05) is 6.61 Å². The van der Waals surface area contributed by atoms with Gasteiger partial charge in [-0.1, -0.05) is 17.7 Å². The van der Waals surface area contributed by atoms with E-state index in [1.807, 2.05) is 18.7 Å². The summed E-state index contributed by atoms with van der Waals surface area (Å²) in [6, 6.07) is 6.30. The third kappa shape index (κ3) is 3.62. The number of ether oxygens (including phenoxy) is 1. The number of hydrogen-bond donors (Lipinski definition) is 0. The molecule has 0 spiro atoms. The highest BCUT2D eigenvalue weighted by Crippen LogP contribution is 2.18. The predicted octanol–water partition coefficient (Wildman–Crippen LogP) is 3.36. The second-order valence-electron chi connectivity index (χ2n) is 4.63. The zero-order chi connectivity index (χ0) is 12.8. The van der Waals surface area contributed by atoms with E-state index in [0.717, 1.165) is 31.7 Å². The average molecular weight is 244 g/mol. The summed E-state index contributed by atoms with van der Waals surface area (Å²) in [5.41, 5.74) is 2.49. The van der Waals surface area contributed by atoms with E-state index in [0.29, 0.717) is 0 Å². The minimum atomic E-state index is 0.776. The van der Waals surface area contributed by atoms with Gasteiger partial charge in [0.15, 0.2) is 0 Å². The van der Waals surface area contributed by atoms with E-state index < -0.39 is 0 Å². The average Bonchev–Trinajstić information content (AvgIpc) is 2.84. The van der Waals surface area contributed by atoms with Crippen molar-refractivity contribution in [3.63, 3.8) is 0 Å². The Balaban J connectivity index is 1.69. The fourth-order valence-corrected chi connectivity index (χ4v) is 1.96. The summed E-state index contributed by atoms with van der Waals surface area (Å²) in [4.78, 5) is 4.02. The number of imidazole rings is 1. The molecule has 0 saturated carbocycles. The summed E-state index contributed by atoms with van der Waals surface area (Å²) >= 11 is 0. The second kappa shape index (κ2) is 6.24. The Morgan fingerprint density at radius 2 is 2.11 bits per heavy atom. The van der Waals surface area contributed by atoms with Crippen molar-refractivity contribution in [1.82, 2.24) is 9.55 Å². The van der Waals surface area contributed by atoms with Gasteiger partial charge in [0.25, 0.3) is 0 Å². The normalized spacial score (nSPS) is 10.6. The summed E-state index contributed by atoms with van der Waals surface area (Å²) in [5.74, 6) is 1.00. The van der Waals surface area contributed by atoms with Crippen LogP contribution in [0.2, 0.25) is 0 Å². The lowest BCUT2D eigenvalue weighted by Crippen LogP contribution is -2.02. The molecular weight excluding hydrogens is 224 g/mol. The summed E-state index contributed by atoms with van der Waals surface area (Å²) in [5, 5.41) is 0. The quantitative estimate of drug-likeness (QED) is 0.728. The van der Waals surface area contributed by atoms with Crippen LogP contribution in [0, 0.1) is 13.8 Å². The van der Waals surface area contributed by atoms with Crippen LogP contribution in [0.3, 0.4) is 0 Å². The van der Waals surface area contributed by atoms with Gasteiger partial charge in [-0.15, -0.1) is 0 Å². The van der Waals surface area contributed by atoms with Crippen molar-refractivity contribution in [3.8, 4) is 5.75 Å². The Bertz CT molecular complexity index is 477. The molecule has 18 heavy (non-hydrogen) atoms. The predicted molar refractivity (Wildman–Crippen MR) is 72.9 cm³/mol. The molecule has 3 nitrogen and oxygen atoms in total. The summed E-state index contributed by atoms with van der Waals surface area (Å²) in [6.07, 6.45) is 7.83. The first-order valence-electron chi connectivity index (χ1n) is 6.41. The molecule has 96 valence electrons. The van der Waals surface area contributed by atoms with E-state index in [-0.39, 0.29) is 0 Å². The Morgan fingerprint density at radius 1 is 1.22 bits per heavy atom. The van der Waals surface area contributed by atoms with Crippen molar-refractivity contribution in [2.45, 2.75) is 33.2 Å². The highest BCUT2D eigenvalue weighted by molar-refractivity contribution is 5.35. The Labute approximate surface area is 108 Å². The fraction of sp³-hybridized carbons (Fsp3) is 0.400. The maximum absolute atomic E-state index is 5.79. The van der Waals surface area contributed by atoms with Crippen molar-refractivity contribution in [3.05, 3.63) is 48.0 Å². The second-order valence-corrected chi connectivity index (χ2v) is 4.63. The first-order valence-corrected chi connectivity index (χ1v) is 6.41. The maximum Gasteiger partial charge on any atom is 0.122 e. The van der Waals surface area contributed by atoms with Crippen molar-refractivity contribution >= 4 is 0 Å². The molecule has 0 unspecified atom stereocenters. The first kappa shape index (κ1) is 12.7.